The molecule has 0 aromatic rings. The molecule has 5 heteroatoms. The van der Waals surface area contributed by atoms with Crippen LogP contribution >= 0.6 is 0 Å². The number of carbonyl (C=O) groups is 2. The summed E-state index contributed by atoms with van der Waals surface area (Å²) in [4.78, 5) is 26.4. The highest BCUT2D eigenvalue weighted by Crippen LogP contribution is 2.23. The molecule has 1 fully saturated rings. The summed E-state index contributed by atoms with van der Waals surface area (Å²) in [7, 11) is 0. The summed E-state index contributed by atoms with van der Waals surface area (Å²) in [5, 5.41) is 0. The molecule has 0 spiro atoms. The fourth-order valence-corrected chi connectivity index (χ4v) is 2.64. The molecule has 21 heavy (non-hydrogen) atoms. The fourth-order valence-electron chi connectivity index (χ4n) is 2.64. The quantitative estimate of drug-likeness (QED) is 0.786. The van der Waals surface area contributed by atoms with Gasteiger partial charge >= 0.3 is 6.09 Å². The van der Waals surface area contributed by atoms with Crippen molar-refractivity contribution >= 4 is 11.9 Å². The minimum atomic E-state index is -0.562. The topological polar surface area (TPSA) is 55.8 Å². The zero-order chi connectivity index (χ0) is 15.5. The number of Topliss-reactive ketones (excluding diaryl/α,β-unsaturated/α-hetero) is 1. The van der Waals surface area contributed by atoms with E-state index in [-0.39, 0.29) is 12.4 Å². The SMILES string of the molecule is CC(C)(C)OC(=O)N1CCOCC1C(=O)C1=CCCCC1. The highest BCUT2D eigenvalue weighted by atomic mass is 16.6. The van der Waals surface area contributed by atoms with Crippen LogP contribution in [0.3, 0.4) is 0 Å². The average molecular weight is 295 g/mol. The Morgan fingerprint density at radius 2 is 2.10 bits per heavy atom. The summed E-state index contributed by atoms with van der Waals surface area (Å²) in [6.07, 6.45) is 5.50. The molecule has 1 unspecified atom stereocenters. The molecule has 118 valence electrons. The van der Waals surface area contributed by atoms with Crippen molar-refractivity contribution in [2.45, 2.75) is 58.1 Å². The third kappa shape index (κ3) is 4.30. The lowest BCUT2D eigenvalue weighted by molar-refractivity contribution is -0.126. The smallest absolute Gasteiger partial charge is 0.411 e. The van der Waals surface area contributed by atoms with Gasteiger partial charge in [-0.05, 0) is 52.0 Å². The predicted molar refractivity (Wildman–Crippen MR) is 79.1 cm³/mol. The minimum Gasteiger partial charge on any atom is -0.444 e. The second-order valence-corrected chi connectivity index (χ2v) is 6.60. The molecule has 0 N–H and O–H groups in total. The largest absolute Gasteiger partial charge is 0.444 e. The number of ketones is 1. The van der Waals surface area contributed by atoms with Gasteiger partial charge in [-0.3, -0.25) is 9.69 Å². The fraction of sp³-hybridized carbons (Fsp3) is 0.750. The molecule has 1 heterocycles. The van der Waals surface area contributed by atoms with Crippen molar-refractivity contribution in [2.24, 2.45) is 0 Å². The first-order valence-corrected chi connectivity index (χ1v) is 7.69. The molecule has 0 radical (unpaired) electrons. The van der Waals surface area contributed by atoms with Gasteiger partial charge in [-0.2, -0.15) is 0 Å². The maximum absolute atomic E-state index is 12.6. The first-order valence-electron chi connectivity index (χ1n) is 7.69. The number of rotatable bonds is 2. The summed E-state index contributed by atoms with van der Waals surface area (Å²) < 4.78 is 10.8. The molecule has 0 aromatic carbocycles. The van der Waals surface area contributed by atoms with Gasteiger partial charge in [0.2, 0.25) is 0 Å². The Morgan fingerprint density at radius 3 is 2.71 bits per heavy atom. The van der Waals surface area contributed by atoms with E-state index < -0.39 is 17.7 Å². The van der Waals surface area contributed by atoms with E-state index in [0.29, 0.717) is 13.2 Å². The van der Waals surface area contributed by atoms with Crippen molar-refractivity contribution in [3.8, 4) is 0 Å². The molecular formula is C16H25NO4. The summed E-state index contributed by atoms with van der Waals surface area (Å²) in [6.45, 7) is 6.58. The zero-order valence-electron chi connectivity index (χ0n) is 13.2. The Labute approximate surface area is 126 Å². The van der Waals surface area contributed by atoms with E-state index in [1.54, 1.807) is 0 Å². The number of amides is 1. The second-order valence-electron chi connectivity index (χ2n) is 6.60. The Bertz CT molecular complexity index is 436. The van der Waals surface area contributed by atoms with E-state index in [0.717, 1.165) is 31.3 Å². The molecule has 1 amide bonds. The molecule has 2 aliphatic rings. The van der Waals surface area contributed by atoms with Gasteiger partial charge in [0.05, 0.1) is 13.2 Å². The molecule has 1 saturated heterocycles. The Morgan fingerprint density at radius 1 is 1.33 bits per heavy atom. The lowest BCUT2D eigenvalue weighted by atomic mass is 9.92. The summed E-state index contributed by atoms with van der Waals surface area (Å²) in [5.41, 5.74) is 0.276. The summed E-state index contributed by atoms with van der Waals surface area (Å²) >= 11 is 0. The van der Waals surface area contributed by atoms with Crippen molar-refractivity contribution in [2.75, 3.05) is 19.8 Å². The molecule has 0 bridgehead atoms. The highest BCUT2D eigenvalue weighted by molar-refractivity contribution is 6.01. The number of nitrogens with zero attached hydrogens (tertiary/aromatic N) is 1. The van der Waals surface area contributed by atoms with Crippen LogP contribution in [0.1, 0.15) is 46.5 Å². The maximum atomic E-state index is 12.6. The second kappa shape index (κ2) is 6.60. The maximum Gasteiger partial charge on any atom is 0.411 e. The van der Waals surface area contributed by atoms with E-state index in [9.17, 15) is 9.59 Å². The monoisotopic (exact) mass is 295 g/mol. The molecule has 0 aromatic heterocycles. The summed E-state index contributed by atoms with van der Waals surface area (Å²) in [6, 6.07) is -0.544. The third-order valence-electron chi connectivity index (χ3n) is 3.67. The van der Waals surface area contributed by atoms with Crippen molar-refractivity contribution in [3.05, 3.63) is 11.6 Å². The Balaban J connectivity index is 2.09. The molecule has 1 atom stereocenters. The van der Waals surface area contributed by atoms with Gasteiger partial charge in [-0.25, -0.2) is 4.79 Å². The first-order chi connectivity index (χ1) is 9.88. The van der Waals surface area contributed by atoms with Gasteiger partial charge in [0, 0.05) is 6.54 Å². The summed E-state index contributed by atoms with van der Waals surface area (Å²) in [5.74, 6) is 0.0141. The van der Waals surface area contributed by atoms with Crippen molar-refractivity contribution in [3.63, 3.8) is 0 Å². The lowest BCUT2D eigenvalue weighted by Crippen LogP contribution is -2.54. The van der Waals surface area contributed by atoms with Gasteiger partial charge in [0.25, 0.3) is 0 Å². The van der Waals surface area contributed by atoms with Gasteiger partial charge in [-0.1, -0.05) is 6.08 Å². The van der Waals surface area contributed by atoms with Crippen molar-refractivity contribution in [1.82, 2.24) is 4.90 Å². The molecule has 5 nitrogen and oxygen atoms in total. The Kier molecular flexibility index (Phi) is 5.04. The van der Waals surface area contributed by atoms with Crippen LogP contribution in [0.4, 0.5) is 4.79 Å². The number of hydrogen-bond donors (Lipinski definition) is 0. The molecule has 1 aliphatic carbocycles. The number of allylic oxidation sites excluding steroid dienone is 1. The van der Waals surface area contributed by atoms with Crippen LogP contribution in [0.15, 0.2) is 11.6 Å². The molecule has 1 aliphatic heterocycles. The van der Waals surface area contributed by atoms with Crippen LogP contribution < -0.4 is 0 Å². The van der Waals surface area contributed by atoms with E-state index in [2.05, 4.69) is 0 Å². The lowest BCUT2D eigenvalue weighted by Gasteiger charge is -2.36. The normalized spacial score (nSPS) is 23.5. The Hall–Kier alpha value is -1.36. The zero-order valence-corrected chi connectivity index (χ0v) is 13.2. The third-order valence-corrected chi connectivity index (χ3v) is 3.67. The van der Waals surface area contributed by atoms with Gasteiger partial charge in [-0.15, -0.1) is 0 Å². The minimum absolute atomic E-state index is 0.0141. The van der Waals surface area contributed by atoms with Gasteiger partial charge in [0.1, 0.15) is 11.6 Å². The number of ether oxygens (including phenoxy) is 2. The van der Waals surface area contributed by atoms with Crippen LogP contribution in [-0.2, 0) is 14.3 Å². The van der Waals surface area contributed by atoms with Crippen LogP contribution in [0.2, 0.25) is 0 Å². The predicted octanol–water partition coefficient (Wildman–Crippen LogP) is 2.69. The number of carbonyl (C=O) groups excluding carboxylic acids is 2. The van der Waals surface area contributed by atoms with Crippen LogP contribution in [-0.4, -0.2) is 48.2 Å². The molecular weight excluding hydrogens is 270 g/mol. The van der Waals surface area contributed by atoms with E-state index >= 15 is 0 Å². The van der Waals surface area contributed by atoms with Crippen LogP contribution in [0.25, 0.3) is 0 Å². The van der Waals surface area contributed by atoms with Crippen LogP contribution in [0.5, 0.6) is 0 Å². The van der Waals surface area contributed by atoms with Crippen molar-refractivity contribution < 1.29 is 19.1 Å². The highest BCUT2D eigenvalue weighted by Gasteiger charge is 2.36. The first kappa shape index (κ1) is 16.0. The molecule has 0 saturated carbocycles. The van der Waals surface area contributed by atoms with Gasteiger partial charge < -0.3 is 9.47 Å². The van der Waals surface area contributed by atoms with Crippen molar-refractivity contribution in [1.29, 1.82) is 0 Å². The van der Waals surface area contributed by atoms with Crippen LogP contribution in [0, 0.1) is 0 Å². The number of hydrogen-bond acceptors (Lipinski definition) is 4. The van der Waals surface area contributed by atoms with E-state index in [1.165, 1.54) is 4.90 Å². The average Bonchev–Trinajstić information content (AvgIpc) is 2.45. The van der Waals surface area contributed by atoms with Gasteiger partial charge in [0.15, 0.2) is 5.78 Å². The molecule has 2 rings (SSSR count). The van der Waals surface area contributed by atoms with E-state index in [1.807, 2.05) is 26.8 Å². The van der Waals surface area contributed by atoms with E-state index in [4.69, 9.17) is 9.47 Å². The number of morpholine rings is 1. The standard InChI is InChI=1S/C16H25NO4/c1-16(2,3)21-15(19)17-9-10-20-11-13(17)14(18)12-7-5-4-6-8-12/h7,13H,4-6,8-11H2,1-3H3.